The number of nitrogens with zero attached hydrogens (tertiary/aromatic N) is 5. The van der Waals surface area contributed by atoms with E-state index in [0.717, 1.165) is 81.2 Å². The molecule has 8 rings (SSSR count). The van der Waals surface area contributed by atoms with E-state index in [-0.39, 0.29) is 35.1 Å². The molecule has 2 fully saturated rings. The molecule has 3 aromatic carbocycles. The fraction of sp³-hybridized carbons (Fsp3) is 0.354. The fourth-order valence-electron chi connectivity index (χ4n) is 8.53. The standard InChI is InChI=1S/C48H50ClN7O6S/c1-3-63(59,60)30-33-8-18-44(40(26-33)41-29-55(2)48(58)46-39(41)20-23-51-46)62-37-12-6-31(7-13-37)4-5-32-21-24-56(25-22-32)45-19-17-43(53-54-45)47(57)52-35-10-15-36(16-11-35)61-38-14-9-34(28-50)42(49)27-38/h6-9,12-14,17-20,23,26-27,29,32,35-36,51H,3-5,10-11,15-16,21-22,24-25,30H2,1-2H3,(H,52,57)/t35-,36-. The van der Waals surface area contributed by atoms with Crippen molar-refractivity contribution in [1.82, 2.24) is 25.1 Å². The van der Waals surface area contributed by atoms with E-state index in [1.165, 1.54) is 10.1 Å². The number of hydrogen-bond acceptors (Lipinski definition) is 10. The number of ether oxygens (including phenoxy) is 2. The van der Waals surface area contributed by atoms with Crippen LogP contribution in [-0.4, -0.2) is 65.1 Å². The Morgan fingerprint density at radius 3 is 2.37 bits per heavy atom. The number of aromatic nitrogens is 4. The van der Waals surface area contributed by atoms with E-state index in [9.17, 15) is 18.0 Å². The van der Waals surface area contributed by atoms with Crippen LogP contribution in [0.2, 0.25) is 5.02 Å². The topological polar surface area (TPSA) is 172 Å². The highest BCUT2D eigenvalue weighted by Gasteiger charge is 2.26. The minimum absolute atomic E-state index is 0.0186. The van der Waals surface area contributed by atoms with Gasteiger partial charge in [0.1, 0.15) is 28.8 Å². The van der Waals surface area contributed by atoms with Gasteiger partial charge in [-0.15, -0.1) is 10.2 Å². The Kier molecular flexibility index (Phi) is 13.2. The first-order chi connectivity index (χ1) is 30.4. The van der Waals surface area contributed by atoms with E-state index in [0.29, 0.717) is 56.1 Å². The zero-order chi connectivity index (χ0) is 44.1. The number of rotatable bonds is 14. The number of anilines is 1. The number of carbonyl (C=O) groups is 1. The summed E-state index contributed by atoms with van der Waals surface area (Å²) in [6.07, 6.45) is 10.7. The van der Waals surface area contributed by atoms with Crippen molar-refractivity contribution in [2.45, 2.75) is 76.2 Å². The molecule has 3 aromatic heterocycles. The normalized spacial score (nSPS) is 17.0. The third-order valence-electron chi connectivity index (χ3n) is 12.2. The highest BCUT2D eigenvalue weighted by Crippen LogP contribution is 2.38. The van der Waals surface area contributed by atoms with Crippen LogP contribution in [0.1, 0.15) is 79.0 Å². The number of piperidine rings is 1. The Labute approximate surface area is 371 Å². The van der Waals surface area contributed by atoms with Crippen LogP contribution in [-0.2, 0) is 29.1 Å². The van der Waals surface area contributed by atoms with Crippen LogP contribution in [0.5, 0.6) is 17.2 Å². The number of sulfone groups is 1. The molecule has 1 amide bonds. The number of benzene rings is 3. The Hall–Kier alpha value is -6.17. The van der Waals surface area contributed by atoms with Gasteiger partial charge in [-0.3, -0.25) is 9.59 Å². The summed E-state index contributed by atoms with van der Waals surface area (Å²) >= 11 is 6.16. The van der Waals surface area contributed by atoms with Crippen LogP contribution in [0.15, 0.2) is 96.1 Å². The summed E-state index contributed by atoms with van der Waals surface area (Å²) in [6.45, 7) is 3.38. The molecule has 2 aliphatic rings. The molecule has 0 spiro atoms. The Morgan fingerprint density at radius 1 is 0.921 bits per heavy atom. The number of aromatic amines is 1. The first-order valence-electron chi connectivity index (χ1n) is 21.5. The average molecular weight is 888 g/mol. The largest absolute Gasteiger partial charge is 0.490 e. The van der Waals surface area contributed by atoms with E-state index in [4.69, 9.17) is 26.3 Å². The average Bonchev–Trinajstić information content (AvgIpc) is 3.80. The minimum Gasteiger partial charge on any atom is -0.490 e. The van der Waals surface area contributed by atoms with E-state index >= 15 is 0 Å². The summed E-state index contributed by atoms with van der Waals surface area (Å²) in [4.78, 5) is 31.2. The first kappa shape index (κ1) is 43.5. The summed E-state index contributed by atoms with van der Waals surface area (Å²) in [7, 11) is -1.58. The lowest BCUT2D eigenvalue weighted by molar-refractivity contribution is 0.0888. The molecule has 2 N–H and O–H groups in total. The molecule has 0 bridgehead atoms. The van der Waals surface area contributed by atoms with Crippen LogP contribution >= 0.6 is 11.6 Å². The number of nitrogens with one attached hydrogen (secondary N) is 2. The number of hydrogen-bond donors (Lipinski definition) is 2. The Balaban J connectivity index is 0.809. The third kappa shape index (κ3) is 10.4. The van der Waals surface area contributed by atoms with Gasteiger partial charge in [-0.05, 0) is 123 Å². The summed E-state index contributed by atoms with van der Waals surface area (Å²) < 4.78 is 39.1. The van der Waals surface area contributed by atoms with Gasteiger partial charge < -0.3 is 29.2 Å². The molecule has 0 radical (unpaired) electrons. The van der Waals surface area contributed by atoms with Crippen molar-refractivity contribution >= 4 is 44.1 Å². The molecule has 1 aliphatic carbocycles. The Bertz CT molecular complexity index is 2800. The van der Waals surface area contributed by atoms with Crippen molar-refractivity contribution in [1.29, 1.82) is 5.26 Å². The second-order valence-corrected chi connectivity index (χ2v) is 19.3. The quantitative estimate of drug-likeness (QED) is 0.108. The van der Waals surface area contributed by atoms with Gasteiger partial charge >= 0.3 is 0 Å². The molecule has 6 aromatic rings. The van der Waals surface area contributed by atoms with Crippen molar-refractivity contribution < 1.29 is 22.7 Å². The van der Waals surface area contributed by atoms with Crippen LogP contribution in [0.25, 0.3) is 22.0 Å². The van der Waals surface area contributed by atoms with Crippen molar-refractivity contribution in [3.63, 3.8) is 0 Å². The molecule has 13 nitrogen and oxygen atoms in total. The number of H-pyrrole nitrogens is 1. The highest BCUT2D eigenvalue weighted by molar-refractivity contribution is 7.90. The molecule has 1 saturated heterocycles. The van der Waals surface area contributed by atoms with E-state index in [1.54, 1.807) is 62.8 Å². The Morgan fingerprint density at radius 2 is 1.67 bits per heavy atom. The minimum atomic E-state index is -3.27. The fourth-order valence-corrected chi connectivity index (χ4v) is 9.63. The molecule has 0 atom stereocenters. The van der Waals surface area contributed by atoms with Gasteiger partial charge in [0.2, 0.25) is 0 Å². The molecule has 4 heterocycles. The zero-order valence-corrected chi connectivity index (χ0v) is 36.9. The molecule has 63 heavy (non-hydrogen) atoms. The summed E-state index contributed by atoms with van der Waals surface area (Å²) in [6, 6.07) is 26.2. The first-order valence-corrected chi connectivity index (χ1v) is 23.7. The summed E-state index contributed by atoms with van der Waals surface area (Å²) in [5.74, 6) is 2.94. The summed E-state index contributed by atoms with van der Waals surface area (Å²) in [5, 5.41) is 22.0. The van der Waals surface area contributed by atoms with Crippen molar-refractivity contribution in [3.05, 3.63) is 129 Å². The maximum absolute atomic E-state index is 13.0. The number of pyridine rings is 1. The number of amides is 1. The van der Waals surface area contributed by atoms with Crippen LogP contribution < -0.4 is 25.2 Å². The molecule has 1 saturated carbocycles. The maximum Gasteiger partial charge on any atom is 0.274 e. The lowest BCUT2D eigenvalue weighted by atomic mass is 9.90. The van der Waals surface area contributed by atoms with Crippen LogP contribution in [0.4, 0.5) is 5.82 Å². The van der Waals surface area contributed by atoms with Gasteiger partial charge in [-0.25, -0.2) is 8.42 Å². The predicted molar refractivity (Wildman–Crippen MR) is 244 cm³/mol. The van der Waals surface area contributed by atoms with Crippen molar-refractivity contribution in [2.75, 3.05) is 23.7 Å². The molecular weight excluding hydrogens is 838 g/mol. The number of halogens is 1. The number of nitriles is 1. The van der Waals surface area contributed by atoms with Gasteiger partial charge in [0.25, 0.3) is 11.5 Å². The van der Waals surface area contributed by atoms with Crippen molar-refractivity contribution in [2.24, 2.45) is 13.0 Å². The highest BCUT2D eigenvalue weighted by atomic mass is 35.5. The monoisotopic (exact) mass is 887 g/mol. The lowest BCUT2D eigenvalue weighted by Gasteiger charge is -2.32. The van der Waals surface area contributed by atoms with Gasteiger partial charge in [0.15, 0.2) is 21.3 Å². The van der Waals surface area contributed by atoms with E-state index < -0.39 is 9.84 Å². The predicted octanol–water partition coefficient (Wildman–Crippen LogP) is 8.54. The molecular formula is C48H50ClN7O6S. The van der Waals surface area contributed by atoms with Crippen LogP contribution in [0.3, 0.4) is 0 Å². The molecule has 0 unspecified atom stereocenters. The van der Waals surface area contributed by atoms with Crippen LogP contribution in [0, 0.1) is 17.2 Å². The molecule has 1 aliphatic heterocycles. The van der Waals surface area contributed by atoms with E-state index in [2.05, 4.69) is 43.6 Å². The maximum atomic E-state index is 13.0. The zero-order valence-electron chi connectivity index (χ0n) is 35.3. The number of fused-ring (bicyclic) bond motifs is 1. The SMILES string of the molecule is CCS(=O)(=O)Cc1ccc(Oc2ccc(CCC3CCN(c4ccc(C(=O)N[C@H]5CC[C@H](Oc6ccc(C#N)c(Cl)c6)CC5)nn4)CC3)cc2)c(-c2cn(C)c(=O)c3[nH]ccc23)c1. The molecule has 15 heteroatoms. The smallest absolute Gasteiger partial charge is 0.274 e. The van der Waals surface area contributed by atoms with E-state index in [1.807, 2.05) is 30.3 Å². The van der Waals surface area contributed by atoms with Gasteiger partial charge in [-0.1, -0.05) is 36.7 Å². The third-order valence-corrected chi connectivity index (χ3v) is 14.2. The number of carbonyl (C=O) groups excluding carboxylic acids is 1. The lowest BCUT2D eigenvalue weighted by Crippen LogP contribution is -2.40. The van der Waals surface area contributed by atoms with Gasteiger partial charge in [0.05, 0.1) is 22.4 Å². The number of aryl methyl sites for hydroxylation is 2. The van der Waals surface area contributed by atoms with Crippen molar-refractivity contribution in [3.8, 4) is 34.4 Å². The second kappa shape index (κ2) is 19.1. The molecule has 326 valence electrons. The second-order valence-electron chi connectivity index (χ2n) is 16.5. The summed E-state index contributed by atoms with van der Waals surface area (Å²) in [5.41, 5.74) is 4.37. The van der Waals surface area contributed by atoms with Gasteiger partial charge in [0, 0.05) is 66.9 Å². The van der Waals surface area contributed by atoms with Gasteiger partial charge in [-0.2, -0.15) is 5.26 Å².